The van der Waals surface area contributed by atoms with Crippen LogP contribution in [0, 0.1) is 56.7 Å². The molecule has 5 aliphatic rings. The van der Waals surface area contributed by atoms with Crippen LogP contribution in [0.5, 0.6) is 11.5 Å². The second kappa shape index (κ2) is 10.3. The van der Waals surface area contributed by atoms with E-state index in [1.807, 2.05) is 12.1 Å². The summed E-state index contributed by atoms with van der Waals surface area (Å²) in [6.45, 7) is 19.6. The summed E-state index contributed by atoms with van der Waals surface area (Å²) in [5, 5.41) is 24.4. The molecule has 0 radical (unpaired) electrons. The van der Waals surface area contributed by atoms with Gasteiger partial charge < -0.3 is 20.3 Å². The Morgan fingerprint density at radius 3 is 2.40 bits per heavy atom. The molecule has 6 rings (SSSR count). The standard InChI is InChI=1S/C38H57NO4/c1-23(2)25-13-18-38(33(42)39-22-24-9-11-27(40)28(21-24)43-8)20-19-36(6)26(32(25)38)10-12-30-35(5)16-15-31(41)34(3,4)29(35)14-17-37(30,36)7/h9,11,21,25-26,29-32,40-41H,1,10,12-20,22H2,2-8H3,(H,39,42)/t25-,26+,29-,30+,31-,32+,35-,36+,37+,38-/m0/s1. The van der Waals surface area contributed by atoms with Gasteiger partial charge in [0.25, 0.3) is 0 Å². The normalized spacial score (nSPS) is 44.7. The van der Waals surface area contributed by atoms with Gasteiger partial charge in [-0.15, -0.1) is 0 Å². The van der Waals surface area contributed by atoms with E-state index in [0.29, 0.717) is 41.9 Å². The number of carbonyl (C=O) groups excluding carboxylic acids is 1. The summed E-state index contributed by atoms with van der Waals surface area (Å²) >= 11 is 0. The van der Waals surface area contributed by atoms with Crippen molar-refractivity contribution in [1.29, 1.82) is 0 Å². The Morgan fingerprint density at radius 1 is 0.953 bits per heavy atom. The van der Waals surface area contributed by atoms with E-state index in [4.69, 9.17) is 4.74 Å². The molecule has 0 aliphatic heterocycles. The van der Waals surface area contributed by atoms with Crippen LogP contribution in [-0.4, -0.2) is 29.3 Å². The van der Waals surface area contributed by atoms with Gasteiger partial charge in [0.05, 0.1) is 18.6 Å². The molecular formula is C38H57NO4. The lowest BCUT2D eigenvalue weighted by atomic mass is 9.32. The minimum atomic E-state index is -0.351. The first kappa shape index (κ1) is 31.0. The van der Waals surface area contributed by atoms with Gasteiger partial charge >= 0.3 is 0 Å². The van der Waals surface area contributed by atoms with Crippen molar-refractivity contribution in [2.75, 3.05) is 7.11 Å². The quantitative estimate of drug-likeness (QED) is 0.303. The maximum atomic E-state index is 14.4. The molecule has 0 bridgehead atoms. The molecule has 0 heterocycles. The number of aliphatic hydroxyl groups is 1. The van der Waals surface area contributed by atoms with E-state index in [1.54, 1.807) is 13.2 Å². The topological polar surface area (TPSA) is 78.8 Å². The van der Waals surface area contributed by atoms with Gasteiger partial charge in [-0.1, -0.05) is 52.8 Å². The maximum absolute atomic E-state index is 14.4. The van der Waals surface area contributed by atoms with E-state index in [-0.39, 0.29) is 44.8 Å². The van der Waals surface area contributed by atoms with Crippen molar-refractivity contribution in [3.05, 3.63) is 35.9 Å². The lowest BCUT2D eigenvalue weighted by Gasteiger charge is -2.72. The van der Waals surface area contributed by atoms with E-state index in [9.17, 15) is 15.0 Å². The van der Waals surface area contributed by atoms with E-state index in [1.165, 1.54) is 31.3 Å². The number of aromatic hydroxyl groups is 1. The highest BCUT2D eigenvalue weighted by Gasteiger charge is 2.71. The highest BCUT2D eigenvalue weighted by atomic mass is 16.5. The van der Waals surface area contributed by atoms with Crippen molar-refractivity contribution in [3.63, 3.8) is 0 Å². The van der Waals surface area contributed by atoms with Crippen molar-refractivity contribution >= 4 is 5.91 Å². The Bertz CT molecular complexity index is 1290. The number of phenolic OH excluding ortho intramolecular Hbond substituents is 1. The third-order valence-corrected chi connectivity index (χ3v) is 15.2. The predicted molar refractivity (Wildman–Crippen MR) is 171 cm³/mol. The smallest absolute Gasteiger partial charge is 0.226 e. The molecule has 1 amide bonds. The molecule has 5 aliphatic carbocycles. The third kappa shape index (κ3) is 4.22. The number of nitrogens with one attached hydrogen (secondary N) is 1. The molecule has 5 heteroatoms. The second-order valence-corrected chi connectivity index (χ2v) is 16.9. The number of carbonyl (C=O) groups is 1. The fourth-order valence-corrected chi connectivity index (χ4v) is 12.7. The van der Waals surface area contributed by atoms with Gasteiger partial charge in [0, 0.05) is 6.54 Å². The molecule has 0 unspecified atom stereocenters. The molecular weight excluding hydrogens is 534 g/mol. The number of rotatable bonds is 5. The Labute approximate surface area is 260 Å². The number of amides is 1. The molecule has 43 heavy (non-hydrogen) atoms. The summed E-state index contributed by atoms with van der Waals surface area (Å²) in [4.78, 5) is 14.4. The highest BCUT2D eigenvalue weighted by Crippen LogP contribution is 2.77. The lowest BCUT2D eigenvalue weighted by molar-refractivity contribution is -0.246. The summed E-state index contributed by atoms with van der Waals surface area (Å²) in [6.07, 6.45) is 10.8. The number of aliphatic hydroxyl groups excluding tert-OH is 1. The number of hydrogen-bond donors (Lipinski definition) is 3. The number of fused-ring (bicyclic) bond motifs is 7. The fraction of sp³-hybridized carbons (Fsp3) is 0.763. The number of hydrogen-bond acceptors (Lipinski definition) is 4. The van der Waals surface area contributed by atoms with Gasteiger partial charge in [0.1, 0.15) is 0 Å². The molecule has 0 saturated heterocycles. The Kier molecular flexibility index (Phi) is 7.39. The Hall–Kier alpha value is -2.01. The lowest BCUT2D eigenvalue weighted by Crippen LogP contribution is -2.67. The molecule has 1 aromatic rings. The number of allylic oxidation sites excluding steroid dienone is 1. The monoisotopic (exact) mass is 591 g/mol. The average molecular weight is 592 g/mol. The highest BCUT2D eigenvalue weighted by molar-refractivity contribution is 5.84. The van der Waals surface area contributed by atoms with Crippen LogP contribution < -0.4 is 10.1 Å². The maximum Gasteiger partial charge on any atom is 0.226 e. The third-order valence-electron chi connectivity index (χ3n) is 15.2. The van der Waals surface area contributed by atoms with Crippen molar-refractivity contribution in [1.82, 2.24) is 5.32 Å². The van der Waals surface area contributed by atoms with Crippen LogP contribution in [0.3, 0.4) is 0 Å². The molecule has 10 atom stereocenters. The largest absolute Gasteiger partial charge is 0.504 e. The van der Waals surface area contributed by atoms with Crippen molar-refractivity contribution in [2.45, 2.75) is 118 Å². The second-order valence-electron chi connectivity index (χ2n) is 16.9. The first-order valence-corrected chi connectivity index (χ1v) is 17.1. The molecule has 238 valence electrons. The van der Waals surface area contributed by atoms with Gasteiger partial charge in [-0.25, -0.2) is 0 Å². The fourth-order valence-electron chi connectivity index (χ4n) is 12.7. The van der Waals surface area contributed by atoms with E-state index in [2.05, 4.69) is 53.4 Å². The van der Waals surface area contributed by atoms with Crippen molar-refractivity contribution in [3.8, 4) is 11.5 Å². The van der Waals surface area contributed by atoms with E-state index in [0.717, 1.165) is 44.1 Å². The molecule has 5 fully saturated rings. The Morgan fingerprint density at radius 2 is 1.70 bits per heavy atom. The molecule has 0 aromatic heterocycles. The summed E-state index contributed by atoms with van der Waals surface area (Å²) in [6, 6.07) is 5.32. The Balaban J connectivity index is 1.31. The summed E-state index contributed by atoms with van der Waals surface area (Å²) in [5.74, 6) is 3.19. The van der Waals surface area contributed by atoms with Crippen LogP contribution in [0.1, 0.15) is 111 Å². The summed E-state index contributed by atoms with van der Waals surface area (Å²) < 4.78 is 5.31. The van der Waals surface area contributed by atoms with Crippen LogP contribution in [-0.2, 0) is 11.3 Å². The van der Waals surface area contributed by atoms with E-state index >= 15 is 0 Å². The molecule has 0 spiro atoms. The number of methoxy groups -OCH3 is 1. The minimum Gasteiger partial charge on any atom is -0.504 e. The first-order valence-electron chi connectivity index (χ1n) is 17.1. The number of phenols is 1. The van der Waals surface area contributed by atoms with Crippen LogP contribution in [0.4, 0.5) is 0 Å². The summed E-state index contributed by atoms with van der Waals surface area (Å²) in [5.41, 5.74) is 2.46. The molecule has 5 saturated carbocycles. The van der Waals surface area contributed by atoms with Crippen molar-refractivity contribution in [2.24, 2.45) is 56.7 Å². The molecule has 3 N–H and O–H groups in total. The average Bonchev–Trinajstić information content (AvgIpc) is 3.36. The van der Waals surface area contributed by atoms with Gasteiger partial charge in [-0.3, -0.25) is 4.79 Å². The molecule has 1 aromatic carbocycles. The number of benzene rings is 1. The minimum absolute atomic E-state index is 0.0378. The zero-order valence-corrected chi connectivity index (χ0v) is 27.9. The van der Waals surface area contributed by atoms with Gasteiger partial charge in [-0.2, -0.15) is 0 Å². The van der Waals surface area contributed by atoms with Crippen LogP contribution in [0.15, 0.2) is 30.4 Å². The number of ether oxygens (including phenoxy) is 1. The first-order chi connectivity index (χ1) is 20.2. The predicted octanol–water partition coefficient (Wildman–Crippen LogP) is 8.04. The van der Waals surface area contributed by atoms with Crippen LogP contribution >= 0.6 is 0 Å². The zero-order chi connectivity index (χ0) is 31.2. The van der Waals surface area contributed by atoms with Gasteiger partial charge in [0.15, 0.2) is 11.5 Å². The van der Waals surface area contributed by atoms with Crippen LogP contribution in [0.25, 0.3) is 0 Å². The van der Waals surface area contributed by atoms with E-state index < -0.39 is 0 Å². The SMILES string of the molecule is C=C(C)[C@@H]1CC[C@]2(C(=O)NCc3ccc(O)c(OC)c3)CC[C@]3(C)[C@H](CC[C@@H]4[C@@]5(C)CC[C@H](O)C(C)(C)[C@@H]5CC[C@]43C)[C@@H]12. The zero-order valence-electron chi connectivity index (χ0n) is 27.9. The molecule has 5 nitrogen and oxygen atoms in total. The van der Waals surface area contributed by atoms with Gasteiger partial charge in [0.2, 0.25) is 5.91 Å². The summed E-state index contributed by atoms with van der Waals surface area (Å²) in [7, 11) is 1.55. The van der Waals surface area contributed by atoms with Gasteiger partial charge in [-0.05, 0) is 140 Å². The van der Waals surface area contributed by atoms with Crippen LogP contribution in [0.2, 0.25) is 0 Å². The van der Waals surface area contributed by atoms with Crippen molar-refractivity contribution < 1.29 is 19.7 Å².